The van der Waals surface area contributed by atoms with Crippen LogP contribution >= 0.6 is 0 Å². The van der Waals surface area contributed by atoms with Gasteiger partial charge in [-0.05, 0) is 33.5 Å². The predicted octanol–water partition coefficient (Wildman–Crippen LogP) is 1.49. The minimum Gasteiger partial charge on any atom is -0.396 e. The van der Waals surface area contributed by atoms with Crippen molar-refractivity contribution in [2.24, 2.45) is 0 Å². The van der Waals surface area contributed by atoms with Gasteiger partial charge in [0.25, 0.3) is 0 Å². The first-order valence-corrected chi connectivity index (χ1v) is 4.53. The van der Waals surface area contributed by atoms with Gasteiger partial charge in [-0.15, -0.1) is 0 Å². The van der Waals surface area contributed by atoms with Crippen LogP contribution in [-0.4, -0.2) is 37.3 Å². The second-order valence-electron chi connectivity index (χ2n) is 3.29. The van der Waals surface area contributed by atoms with E-state index >= 15 is 0 Å². The van der Waals surface area contributed by atoms with Gasteiger partial charge in [-0.2, -0.15) is 0 Å². The van der Waals surface area contributed by atoms with Crippen LogP contribution in [0, 0.1) is 0 Å². The molecule has 0 aliphatic carbocycles. The summed E-state index contributed by atoms with van der Waals surface area (Å²) in [5.41, 5.74) is 0. The van der Waals surface area contributed by atoms with Crippen molar-refractivity contribution in [1.82, 2.24) is 4.90 Å². The molecule has 0 aromatic carbocycles. The smallest absolute Gasteiger partial charge is 0.0431 e. The maximum atomic E-state index is 8.50. The van der Waals surface area contributed by atoms with Crippen LogP contribution in [0.2, 0.25) is 0 Å². The van der Waals surface area contributed by atoms with E-state index in [1.807, 2.05) is 0 Å². The number of nitrogens with zero attached hydrogens (tertiary/aromatic N) is 1. The van der Waals surface area contributed by atoms with Gasteiger partial charge in [0.15, 0.2) is 0 Å². The van der Waals surface area contributed by atoms with E-state index in [1.54, 1.807) is 0 Å². The van der Waals surface area contributed by atoms with Gasteiger partial charge in [-0.25, -0.2) is 0 Å². The lowest BCUT2D eigenvalue weighted by molar-refractivity contribution is 0.281. The van der Waals surface area contributed by atoms with Gasteiger partial charge < -0.3 is 10.0 Å². The predicted molar refractivity (Wildman–Crippen MR) is 48.7 cm³/mol. The number of hydrogen-bond donors (Lipinski definition) is 1. The molecule has 68 valence electrons. The van der Waals surface area contributed by atoms with E-state index in [1.165, 1.54) is 32.2 Å². The third-order valence-electron chi connectivity index (χ3n) is 1.76. The number of aliphatic hydroxyl groups is 1. The molecule has 0 heterocycles. The topological polar surface area (TPSA) is 23.5 Å². The van der Waals surface area contributed by atoms with Crippen LogP contribution in [0.1, 0.15) is 32.1 Å². The van der Waals surface area contributed by atoms with Crippen molar-refractivity contribution in [3.8, 4) is 0 Å². The van der Waals surface area contributed by atoms with Crippen molar-refractivity contribution in [2.45, 2.75) is 32.1 Å². The Balaban J connectivity index is 2.80. The molecule has 0 aliphatic rings. The molecule has 2 nitrogen and oxygen atoms in total. The molecule has 0 saturated heterocycles. The van der Waals surface area contributed by atoms with Crippen LogP contribution in [-0.2, 0) is 0 Å². The molecule has 0 amide bonds. The zero-order valence-electron chi connectivity index (χ0n) is 7.84. The molecule has 0 bridgehead atoms. The highest BCUT2D eigenvalue weighted by Crippen LogP contribution is 2.02. The minimum atomic E-state index is 0.355. The molecule has 0 aromatic heterocycles. The maximum absolute atomic E-state index is 8.50. The molecule has 0 unspecified atom stereocenters. The summed E-state index contributed by atoms with van der Waals surface area (Å²) in [6.07, 6.45) is 6.02. The van der Waals surface area contributed by atoms with E-state index in [9.17, 15) is 0 Å². The van der Waals surface area contributed by atoms with Gasteiger partial charge in [0, 0.05) is 6.61 Å². The molecule has 11 heavy (non-hydrogen) atoms. The molecule has 0 atom stereocenters. The van der Waals surface area contributed by atoms with Crippen LogP contribution in [0.15, 0.2) is 0 Å². The van der Waals surface area contributed by atoms with Gasteiger partial charge in [0.1, 0.15) is 0 Å². The van der Waals surface area contributed by atoms with E-state index in [2.05, 4.69) is 19.0 Å². The van der Waals surface area contributed by atoms with Gasteiger partial charge in [0.05, 0.1) is 0 Å². The van der Waals surface area contributed by atoms with Gasteiger partial charge in [-0.1, -0.05) is 19.3 Å². The third-order valence-corrected chi connectivity index (χ3v) is 1.76. The van der Waals surface area contributed by atoms with Crippen LogP contribution in [0.4, 0.5) is 0 Å². The van der Waals surface area contributed by atoms with E-state index in [0.29, 0.717) is 6.61 Å². The fourth-order valence-electron chi connectivity index (χ4n) is 1.07. The minimum absolute atomic E-state index is 0.355. The number of unbranched alkanes of at least 4 members (excludes halogenated alkanes) is 4. The Morgan fingerprint density at radius 1 is 0.909 bits per heavy atom. The zero-order chi connectivity index (χ0) is 8.53. The van der Waals surface area contributed by atoms with Crippen LogP contribution in [0.3, 0.4) is 0 Å². The first-order chi connectivity index (χ1) is 5.27. The molecule has 0 saturated carbocycles. The standard InChI is InChI=1S/C9H21NO/c1-10(2)8-6-4-3-5-7-9-11/h11H,3-9H2,1-2H3. The van der Waals surface area contributed by atoms with Gasteiger partial charge >= 0.3 is 0 Å². The largest absolute Gasteiger partial charge is 0.396 e. The summed E-state index contributed by atoms with van der Waals surface area (Å²) in [6.45, 7) is 1.55. The van der Waals surface area contributed by atoms with Crippen molar-refractivity contribution in [3.63, 3.8) is 0 Å². The Morgan fingerprint density at radius 2 is 1.45 bits per heavy atom. The molecule has 2 heteroatoms. The zero-order valence-corrected chi connectivity index (χ0v) is 7.84. The van der Waals surface area contributed by atoms with Crippen LogP contribution in [0.5, 0.6) is 0 Å². The van der Waals surface area contributed by atoms with Gasteiger partial charge in [-0.3, -0.25) is 0 Å². The second kappa shape index (κ2) is 8.02. The van der Waals surface area contributed by atoms with Crippen molar-refractivity contribution >= 4 is 0 Å². The summed E-state index contributed by atoms with van der Waals surface area (Å²) in [6, 6.07) is 0. The van der Waals surface area contributed by atoms with E-state index in [4.69, 9.17) is 5.11 Å². The number of rotatable bonds is 7. The van der Waals surface area contributed by atoms with Gasteiger partial charge in [0.2, 0.25) is 0 Å². The lowest BCUT2D eigenvalue weighted by Crippen LogP contribution is -2.12. The highest BCUT2D eigenvalue weighted by Gasteiger charge is 1.91. The Morgan fingerprint density at radius 3 is 2.00 bits per heavy atom. The number of hydrogen-bond acceptors (Lipinski definition) is 2. The first kappa shape index (κ1) is 10.9. The summed E-state index contributed by atoms with van der Waals surface area (Å²) >= 11 is 0. The lowest BCUT2D eigenvalue weighted by atomic mass is 10.1. The summed E-state index contributed by atoms with van der Waals surface area (Å²) in [7, 11) is 4.21. The summed E-state index contributed by atoms with van der Waals surface area (Å²) in [4.78, 5) is 2.21. The summed E-state index contributed by atoms with van der Waals surface area (Å²) in [5, 5.41) is 8.50. The molecule has 1 N–H and O–H groups in total. The molecule has 0 aliphatic heterocycles. The average Bonchev–Trinajstić information content (AvgIpc) is 1.96. The molecule has 0 spiro atoms. The highest BCUT2D eigenvalue weighted by atomic mass is 16.2. The van der Waals surface area contributed by atoms with Crippen molar-refractivity contribution in [1.29, 1.82) is 0 Å². The summed E-state index contributed by atoms with van der Waals surface area (Å²) in [5.74, 6) is 0. The van der Waals surface area contributed by atoms with E-state index < -0.39 is 0 Å². The van der Waals surface area contributed by atoms with E-state index in [0.717, 1.165) is 6.42 Å². The lowest BCUT2D eigenvalue weighted by Gasteiger charge is -2.08. The Kier molecular flexibility index (Phi) is 7.96. The maximum Gasteiger partial charge on any atom is 0.0431 e. The fraction of sp³-hybridized carbons (Fsp3) is 1.00. The fourth-order valence-corrected chi connectivity index (χ4v) is 1.07. The Bertz CT molecular complexity index is 74.0. The Hall–Kier alpha value is -0.0800. The quantitative estimate of drug-likeness (QED) is 0.569. The molecular formula is C9H21NO. The summed E-state index contributed by atoms with van der Waals surface area (Å²) < 4.78 is 0. The molecule has 0 rings (SSSR count). The Labute approximate surface area is 70.2 Å². The molecular weight excluding hydrogens is 138 g/mol. The first-order valence-electron chi connectivity index (χ1n) is 4.53. The average molecular weight is 159 g/mol. The van der Waals surface area contributed by atoms with Crippen molar-refractivity contribution in [2.75, 3.05) is 27.2 Å². The number of aliphatic hydroxyl groups excluding tert-OH is 1. The van der Waals surface area contributed by atoms with Crippen molar-refractivity contribution in [3.05, 3.63) is 0 Å². The monoisotopic (exact) mass is 159 g/mol. The SMILES string of the molecule is CN(C)CCCCCCCO. The molecule has 0 aromatic rings. The van der Waals surface area contributed by atoms with Crippen LogP contribution < -0.4 is 0 Å². The highest BCUT2D eigenvalue weighted by molar-refractivity contribution is 4.46. The van der Waals surface area contributed by atoms with E-state index in [-0.39, 0.29) is 0 Å². The van der Waals surface area contributed by atoms with Crippen LogP contribution in [0.25, 0.3) is 0 Å². The molecule has 0 fully saturated rings. The second-order valence-corrected chi connectivity index (χ2v) is 3.29. The third kappa shape index (κ3) is 9.92. The molecule has 0 radical (unpaired) electrons. The van der Waals surface area contributed by atoms with Crippen molar-refractivity contribution < 1.29 is 5.11 Å². The normalized spacial score (nSPS) is 10.9.